The third-order valence-corrected chi connectivity index (χ3v) is 4.72. The molecule has 7 heteroatoms. The molecule has 120 valence electrons. The number of aromatic amines is 1. The van der Waals surface area contributed by atoms with Crippen LogP contribution in [0.1, 0.15) is 11.4 Å². The maximum atomic E-state index is 12.0. The van der Waals surface area contributed by atoms with Crippen molar-refractivity contribution in [3.63, 3.8) is 0 Å². The third-order valence-electron chi connectivity index (χ3n) is 3.69. The minimum Gasteiger partial charge on any atom is -0.357 e. The van der Waals surface area contributed by atoms with Crippen LogP contribution in [0.3, 0.4) is 0 Å². The van der Waals surface area contributed by atoms with Crippen LogP contribution in [0.2, 0.25) is 5.15 Å². The number of carbonyl (C=O) groups is 1. The van der Waals surface area contributed by atoms with Gasteiger partial charge in [-0.1, -0.05) is 29.8 Å². The molecule has 24 heavy (non-hydrogen) atoms. The molecule has 3 aromatic heterocycles. The summed E-state index contributed by atoms with van der Waals surface area (Å²) >= 11 is 7.59. The van der Waals surface area contributed by atoms with Gasteiger partial charge in [0.25, 0.3) is 0 Å². The van der Waals surface area contributed by atoms with Gasteiger partial charge in [-0.05, 0) is 23.6 Å². The minimum atomic E-state index is -0.185. The lowest BCUT2D eigenvalue weighted by Crippen LogP contribution is -2.20. The second kappa shape index (κ2) is 6.14. The van der Waals surface area contributed by atoms with E-state index < -0.39 is 0 Å². The lowest BCUT2D eigenvalue weighted by Gasteiger charge is -1.99. The summed E-state index contributed by atoms with van der Waals surface area (Å²) in [4.78, 5) is 20.3. The van der Waals surface area contributed by atoms with Crippen molar-refractivity contribution in [1.82, 2.24) is 19.7 Å². The topological polar surface area (TPSA) is 62.2 Å². The Bertz CT molecular complexity index is 1030. The van der Waals surface area contributed by atoms with Gasteiger partial charge in [0.15, 0.2) is 10.1 Å². The van der Waals surface area contributed by atoms with Gasteiger partial charge in [-0.3, -0.25) is 9.20 Å². The zero-order valence-electron chi connectivity index (χ0n) is 12.5. The van der Waals surface area contributed by atoms with E-state index >= 15 is 0 Å². The van der Waals surface area contributed by atoms with Crippen LogP contribution in [0.4, 0.5) is 0 Å². The van der Waals surface area contributed by atoms with E-state index in [4.69, 9.17) is 11.6 Å². The highest BCUT2D eigenvalue weighted by Crippen LogP contribution is 2.22. The van der Waals surface area contributed by atoms with Crippen LogP contribution in [0.25, 0.3) is 21.9 Å². The van der Waals surface area contributed by atoms with Gasteiger partial charge in [0, 0.05) is 28.9 Å². The van der Waals surface area contributed by atoms with E-state index in [0.717, 1.165) is 21.6 Å². The first-order valence-electron chi connectivity index (χ1n) is 7.34. The van der Waals surface area contributed by atoms with E-state index in [1.807, 2.05) is 46.3 Å². The molecule has 2 N–H and O–H groups in total. The monoisotopic (exact) mass is 356 g/mol. The Kier molecular flexibility index (Phi) is 3.84. The number of fused-ring (bicyclic) bond motifs is 2. The van der Waals surface area contributed by atoms with Gasteiger partial charge in [0.1, 0.15) is 0 Å². The number of thiazole rings is 1. The first-order valence-corrected chi connectivity index (χ1v) is 8.60. The number of halogens is 1. The minimum absolute atomic E-state index is 0.185. The number of nitrogens with zero attached hydrogens (tertiary/aromatic N) is 2. The first kappa shape index (κ1) is 15.0. The maximum Gasteiger partial charge on any atom is 0.244 e. The summed E-state index contributed by atoms with van der Waals surface area (Å²) in [5, 5.41) is 6.30. The quantitative estimate of drug-likeness (QED) is 0.545. The molecule has 5 nitrogen and oxygen atoms in total. The normalized spacial score (nSPS) is 11.7. The van der Waals surface area contributed by atoms with Gasteiger partial charge in [0.05, 0.1) is 12.2 Å². The Morgan fingerprint density at radius 2 is 2.29 bits per heavy atom. The number of nitrogens with one attached hydrogen (secondary N) is 2. The lowest BCUT2D eigenvalue weighted by atomic mass is 10.2. The number of imidazole rings is 1. The molecule has 0 unspecified atom stereocenters. The summed E-state index contributed by atoms with van der Waals surface area (Å²) in [6.07, 6.45) is 5.02. The van der Waals surface area contributed by atoms with Crippen LogP contribution in [0.15, 0.2) is 48.0 Å². The molecule has 0 saturated heterocycles. The first-order chi connectivity index (χ1) is 11.7. The standard InChI is InChI=1S/C17H13ClN4OS/c18-16-14(22-7-8-24-17(22)21-16)5-6-15(23)19-10-12-9-11-3-1-2-4-13(11)20-12/h1-9,20H,10H2,(H,19,23)/b6-5-. The highest BCUT2D eigenvalue weighted by atomic mass is 35.5. The van der Waals surface area contributed by atoms with Crippen molar-refractivity contribution < 1.29 is 4.79 Å². The number of aromatic nitrogens is 3. The fraction of sp³-hybridized carbons (Fsp3) is 0.0588. The zero-order chi connectivity index (χ0) is 16.5. The van der Waals surface area contributed by atoms with Gasteiger partial charge in [-0.15, -0.1) is 11.3 Å². The second-order valence-electron chi connectivity index (χ2n) is 5.28. The molecular formula is C17H13ClN4OS. The summed E-state index contributed by atoms with van der Waals surface area (Å²) in [5.41, 5.74) is 2.72. The van der Waals surface area contributed by atoms with Crippen molar-refractivity contribution in [2.45, 2.75) is 6.54 Å². The van der Waals surface area contributed by atoms with Crippen LogP contribution < -0.4 is 5.32 Å². The number of benzene rings is 1. The van der Waals surface area contributed by atoms with Gasteiger partial charge >= 0.3 is 0 Å². The number of hydrogen-bond donors (Lipinski definition) is 2. The lowest BCUT2D eigenvalue weighted by molar-refractivity contribution is -0.116. The average Bonchev–Trinajstić information content (AvgIpc) is 3.25. The number of amides is 1. The summed E-state index contributed by atoms with van der Waals surface area (Å²) < 4.78 is 1.86. The summed E-state index contributed by atoms with van der Waals surface area (Å²) in [6, 6.07) is 10.0. The molecule has 0 aliphatic heterocycles. The Hall–Kier alpha value is -2.57. The molecule has 0 aliphatic rings. The number of H-pyrrole nitrogens is 1. The van der Waals surface area contributed by atoms with Crippen LogP contribution in [-0.4, -0.2) is 20.3 Å². The fourth-order valence-corrected chi connectivity index (χ4v) is 3.56. The Labute approximate surface area is 146 Å². The van der Waals surface area contributed by atoms with Crippen LogP contribution in [0, 0.1) is 0 Å². The number of para-hydroxylation sites is 1. The summed E-state index contributed by atoms with van der Waals surface area (Å²) in [7, 11) is 0. The fourth-order valence-electron chi connectivity index (χ4n) is 2.55. The van der Waals surface area contributed by atoms with Crippen molar-refractivity contribution in [2.24, 2.45) is 0 Å². The molecule has 0 atom stereocenters. The molecule has 0 bridgehead atoms. The molecule has 0 aliphatic carbocycles. The zero-order valence-corrected chi connectivity index (χ0v) is 14.1. The average molecular weight is 357 g/mol. The molecule has 0 radical (unpaired) electrons. The van der Waals surface area contributed by atoms with Crippen molar-refractivity contribution in [3.05, 3.63) is 64.5 Å². The van der Waals surface area contributed by atoms with E-state index in [1.54, 1.807) is 6.08 Å². The Morgan fingerprint density at radius 3 is 3.17 bits per heavy atom. The van der Waals surface area contributed by atoms with Crippen LogP contribution >= 0.6 is 22.9 Å². The van der Waals surface area contributed by atoms with Crippen LogP contribution in [0.5, 0.6) is 0 Å². The highest BCUT2D eigenvalue weighted by Gasteiger charge is 2.08. The third kappa shape index (κ3) is 2.81. The number of rotatable bonds is 4. The predicted octanol–water partition coefficient (Wildman–Crippen LogP) is 3.86. The Balaban J connectivity index is 1.44. The Morgan fingerprint density at radius 1 is 1.42 bits per heavy atom. The molecule has 4 rings (SSSR count). The molecule has 1 amide bonds. The summed E-state index contributed by atoms with van der Waals surface area (Å²) in [5.74, 6) is -0.185. The largest absolute Gasteiger partial charge is 0.357 e. The maximum absolute atomic E-state index is 12.0. The molecular weight excluding hydrogens is 344 g/mol. The molecule has 0 spiro atoms. The van der Waals surface area contributed by atoms with Crippen molar-refractivity contribution in [1.29, 1.82) is 0 Å². The molecule has 0 saturated carbocycles. The number of carbonyl (C=O) groups excluding carboxylic acids is 1. The van der Waals surface area contributed by atoms with Gasteiger partial charge < -0.3 is 10.3 Å². The van der Waals surface area contributed by atoms with E-state index in [9.17, 15) is 4.79 Å². The van der Waals surface area contributed by atoms with E-state index in [1.165, 1.54) is 17.4 Å². The molecule has 1 aromatic carbocycles. The van der Waals surface area contributed by atoms with E-state index in [-0.39, 0.29) is 5.91 Å². The second-order valence-corrected chi connectivity index (χ2v) is 6.51. The van der Waals surface area contributed by atoms with Gasteiger partial charge in [-0.25, -0.2) is 4.98 Å². The highest BCUT2D eigenvalue weighted by molar-refractivity contribution is 7.15. The van der Waals surface area contributed by atoms with Crippen molar-refractivity contribution >= 4 is 50.8 Å². The van der Waals surface area contributed by atoms with E-state index in [0.29, 0.717) is 17.4 Å². The summed E-state index contributed by atoms with van der Waals surface area (Å²) in [6.45, 7) is 0.436. The molecule has 3 heterocycles. The van der Waals surface area contributed by atoms with Crippen LogP contribution in [-0.2, 0) is 11.3 Å². The molecule has 0 fully saturated rings. The SMILES string of the molecule is O=C(/C=C\c1c(Cl)nc2sccn12)NCc1cc2ccccc2[nH]1. The smallest absolute Gasteiger partial charge is 0.244 e. The molecule has 4 aromatic rings. The van der Waals surface area contributed by atoms with Crippen molar-refractivity contribution in [2.75, 3.05) is 0 Å². The van der Waals surface area contributed by atoms with Gasteiger partial charge in [-0.2, -0.15) is 0 Å². The van der Waals surface area contributed by atoms with Gasteiger partial charge in [0.2, 0.25) is 5.91 Å². The van der Waals surface area contributed by atoms with Crippen molar-refractivity contribution in [3.8, 4) is 0 Å². The van der Waals surface area contributed by atoms with E-state index in [2.05, 4.69) is 15.3 Å². The predicted molar refractivity (Wildman–Crippen MR) is 97.3 cm³/mol. The number of hydrogen-bond acceptors (Lipinski definition) is 3.